The minimum absolute atomic E-state index is 0.644. The van der Waals surface area contributed by atoms with Crippen LogP contribution in [0.4, 0.5) is 0 Å². The molecule has 0 aromatic carbocycles. The number of aryl methyl sites for hydroxylation is 1. The third-order valence-electron chi connectivity index (χ3n) is 2.84. The van der Waals surface area contributed by atoms with E-state index in [1.165, 1.54) is 16.9 Å². The van der Waals surface area contributed by atoms with Crippen LogP contribution in [0.5, 0.6) is 0 Å². The Morgan fingerprint density at radius 1 is 1.47 bits per heavy atom. The second kappa shape index (κ2) is 6.26. The van der Waals surface area contributed by atoms with E-state index in [9.17, 15) is 0 Å². The Morgan fingerprint density at radius 3 is 2.67 bits per heavy atom. The highest BCUT2D eigenvalue weighted by atomic mass is 32.1. The van der Waals surface area contributed by atoms with Crippen molar-refractivity contribution >= 4 is 11.3 Å². The first-order valence-electron chi connectivity index (χ1n) is 5.55. The standard InChI is InChI=1S/C12H22N2S/c1-5-11(14(3)4)8-13-9-12-10(2)6-7-15-12/h6-7,11,13H,5,8-9H2,1-4H3. The van der Waals surface area contributed by atoms with Crippen LogP contribution in [-0.4, -0.2) is 31.6 Å². The van der Waals surface area contributed by atoms with Crippen molar-refractivity contribution < 1.29 is 0 Å². The number of thiophene rings is 1. The van der Waals surface area contributed by atoms with Gasteiger partial charge in [0.25, 0.3) is 0 Å². The van der Waals surface area contributed by atoms with Gasteiger partial charge in [0.2, 0.25) is 0 Å². The summed E-state index contributed by atoms with van der Waals surface area (Å²) in [5, 5.41) is 5.69. The lowest BCUT2D eigenvalue weighted by Crippen LogP contribution is -2.37. The number of likely N-dealkylation sites (N-methyl/N-ethyl adjacent to an activating group) is 1. The summed E-state index contributed by atoms with van der Waals surface area (Å²) in [6.07, 6.45) is 1.20. The maximum atomic E-state index is 3.53. The molecule has 0 spiro atoms. The van der Waals surface area contributed by atoms with Crippen LogP contribution >= 0.6 is 11.3 Å². The molecule has 0 amide bonds. The Balaban J connectivity index is 2.29. The first kappa shape index (κ1) is 12.7. The summed E-state index contributed by atoms with van der Waals surface area (Å²) < 4.78 is 0. The van der Waals surface area contributed by atoms with E-state index in [2.05, 4.69) is 49.6 Å². The molecule has 0 saturated heterocycles. The highest BCUT2D eigenvalue weighted by Gasteiger charge is 2.08. The van der Waals surface area contributed by atoms with Gasteiger partial charge in [0.15, 0.2) is 0 Å². The molecule has 0 aliphatic heterocycles. The maximum Gasteiger partial charge on any atom is 0.0303 e. The van der Waals surface area contributed by atoms with E-state index in [1.54, 1.807) is 0 Å². The van der Waals surface area contributed by atoms with E-state index < -0.39 is 0 Å². The smallest absolute Gasteiger partial charge is 0.0303 e. The molecule has 1 aromatic rings. The van der Waals surface area contributed by atoms with E-state index in [1.807, 2.05) is 11.3 Å². The lowest BCUT2D eigenvalue weighted by molar-refractivity contribution is 0.276. The fourth-order valence-corrected chi connectivity index (χ4v) is 2.51. The minimum atomic E-state index is 0.644. The average molecular weight is 226 g/mol. The molecule has 1 atom stereocenters. The van der Waals surface area contributed by atoms with Gasteiger partial charge in [-0.2, -0.15) is 0 Å². The summed E-state index contributed by atoms with van der Waals surface area (Å²) in [5.74, 6) is 0. The first-order valence-corrected chi connectivity index (χ1v) is 6.43. The van der Waals surface area contributed by atoms with Crippen LogP contribution in [0.3, 0.4) is 0 Å². The molecule has 0 fully saturated rings. The fraction of sp³-hybridized carbons (Fsp3) is 0.667. The van der Waals surface area contributed by atoms with E-state index in [0.29, 0.717) is 6.04 Å². The normalized spacial score (nSPS) is 13.4. The Labute approximate surface area is 97.3 Å². The van der Waals surface area contributed by atoms with Crippen molar-refractivity contribution in [3.05, 3.63) is 21.9 Å². The lowest BCUT2D eigenvalue weighted by atomic mass is 10.2. The lowest BCUT2D eigenvalue weighted by Gasteiger charge is -2.23. The van der Waals surface area contributed by atoms with Crippen molar-refractivity contribution in [2.24, 2.45) is 0 Å². The van der Waals surface area contributed by atoms with Crippen LogP contribution in [0.1, 0.15) is 23.8 Å². The molecule has 3 heteroatoms. The number of nitrogens with zero attached hydrogens (tertiary/aromatic N) is 1. The van der Waals surface area contributed by atoms with Crippen molar-refractivity contribution in [1.82, 2.24) is 10.2 Å². The molecule has 1 heterocycles. The summed E-state index contributed by atoms with van der Waals surface area (Å²) in [6, 6.07) is 2.83. The number of hydrogen-bond acceptors (Lipinski definition) is 3. The SMILES string of the molecule is CCC(CNCc1sccc1C)N(C)C. The molecule has 0 aliphatic carbocycles. The van der Waals surface area contributed by atoms with Gasteiger partial charge in [-0.25, -0.2) is 0 Å². The molecule has 1 rings (SSSR count). The molecule has 2 nitrogen and oxygen atoms in total. The Morgan fingerprint density at radius 2 is 2.20 bits per heavy atom. The van der Waals surface area contributed by atoms with E-state index in [4.69, 9.17) is 0 Å². The maximum absolute atomic E-state index is 3.53. The molecule has 86 valence electrons. The third-order valence-corrected chi connectivity index (χ3v) is 3.86. The second-order valence-corrected chi connectivity index (χ2v) is 5.18. The molecule has 0 bridgehead atoms. The molecule has 0 saturated carbocycles. The van der Waals surface area contributed by atoms with Crippen LogP contribution in [-0.2, 0) is 6.54 Å². The van der Waals surface area contributed by atoms with Gasteiger partial charge in [-0.1, -0.05) is 6.92 Å². The zero-order valence-electron chi connectivity index (χ0n) is 10.2. The van der Waals surface area contributed by atoms with Crippen LogP contribution in [0.25, 0.3) is 0 Å². The quantitative estimate of drug-likeness (QED) is 0.802. The fourth-order valence-electron chi connectivity index (χ4n) is 1.63. The van der Waals surface area contributed by atoms with Gasteiger partial charge in [-0.3, -0.25) is 0 Å². The highest BCUT2D eigenvalue weighted by Crippen LogP contribution is 2.14. The van der Waals surface area contributed by atoms with Gasteiger partial charge in [-0.05, 0) is 44.4 Å². The van der Waals surface area contributed by atoms with Crippen LogP contribution in [0.15, 0.2) is 11.4 Å². The molecular formula is C12H22N2S. The van der Waals surface area contributed by atoms with E-state index in [0.717, 1.165) is 13.1 Å². The third kappa shape index (κ3) is 3.93. The molecule has 15 heavy (non-hydrogen) atoms. The zero-order chi connectivity index (χ0) is 11.3. The second-order valence-electron chi connectivity index (χ2n) is 4.18. The predicted octanol–water partition coefficient (Wildman–Crippen LogP) is 2.49. The van der Waals surface area contributed by atoms with Gasteiger partial charge in [-0.15, -0.1) is 11.3 Å². The number of rotatable bonds is 6. The van der Waals surface area contributed by atoms with E-state index >= 15 is 0 Å². The van der Waals surface area contributed by atoms with Gasteiger partial charge in [0.05, 0.1) is 0 Å². The topological polar surface area (TPSA) is 15.3 Å². The summed E-state index contributed by atoms with van der Waals surface area (Å²) in [4.78, 5) is 3.75. The average Bonchev–Trinajstić information content (AvgIpc) is 2.58. The summed E-state index contributed by atoms with van der Waals surface area (Å²) in [6.45, 7) is 6.49. The van der Waals surface area contributed by atoms with Gasteiger partial charge in [0.1, 0.15) is 0 Å². The molecular weight excluding hydrogens is 204 g/mol. The summed E-state index contributed by atoms with van der Waals surface area (Å²) in [7, 11) is 4.29. The van der Waals surface area contributed by atoms with Gasteiger partial charge < -0.3 is 10.2 Å². The van der Waals surface area contributed by atoms with Gasteiger partial charge >= 0.3 is 0 Å². The Bertz CT molecular complexity index is 281. The van der Waals surface area contributed by atoms with Crippen LogP contribution in [0, 0.1) is 6.92 Å². The van der Waals surface area contributed by atoms with Crippen molar-refractivity contribution in [2.75, 3.05) is 20.6 Å². The molecule has 0 aliphatic rings. The first-order chi connectivity index (χ1) is 7.15. The van der Waals surface area contributed by atoms with Crippen molar-refractivity contribution in [3.63, 3.8) is 0 Å². The van der Waals surface area contributed by atoms with E-state index in [-0.39, 0.29) is 0 Å². The summed E-state index contributed by atoms with van der Waals surface area (Å²) >= 11 is 1.84. The molecule has 1 aromatic heterocycles. The summed E-state index contributed by atoms with van der Waals surface area (Å²) in [5.41, 5.74) is 1.41. The van der Waals surface area contributed by atoms with Crippen molar-refractivity contribution in [3.8, 4) is 0 Å². The highest BCUT2D eigenvalue weighted by molar-refractivity contribution is 7.10. The number of hydrogen-bond donors (Lipinski definition) is 1. The number of nitrogens with one attached hydrogen (secondary N) is 1. The monoisotopic (exact) mass is 226 g/mol. The Kier molecular flexibility index (Phi) is 5.29. The largest absolute Gasteiger partial charge is 0.310 e. The van der Waals surface area contributed by atoms with Gasteiger partial charge in [0, 0.05) is 24.0 Å². The minimum Gasteiger partial charge on any atom is -0.310 e. The zero-order valence-corrected chi connectivity index (χ0v) is 11.0. The predicted molar refractivity (Wildman–Crippen MR) is 68.5 cm³/mol. The van der Waals surface area contributed by atoms with Crippen molar-refractivity contribution in [2.45, 2.75) is 32.9 Å². The van der Waals surface area contributed by atoms with Crippen LogP contribution < -0.4 is 5.32 Å². The van der Waals surface area contributed by atoms with Crippen molar-refractivity contribution in [1.29, 1.82) is 0 Å². The molecule has 0 radical (unpaired) electrons. The van der Waals surface area contributed by atoms with Crippen LogP contribution in [0.2, 0.25) is 0 Å². The molecule has 1 unspecified atom stereocenters. The molecule has 1 N–H and O–H groups in total. The Hall–Kier alpha value is -0.380.